The number of hydrogen-bond acceptors (Lipinski definition) is 4. The predicted molar refractivity (Wildman–Crippen MR) is 122 cm³/mol. The monoisotopic (exact) mass is 409 g/mol. The van der Waals surface area contributed by atoms with Crippen LogP contribution in [0.2, 0.25) is 5.02 Å². The molecule has 5 heteroatoms. The Morgan fingerprint density at radius 3 is 2.48 bits per heavy atom. The second kappa shape index (κ2) is 8.60. The average Bonchev–Trinajstić information content (AvgIpc) is 2.71. The van der Waals surface area contributed by atoms with Gasteiger partial charge in [-0.1, -0.05) is 23.7 Å². The van der Waals surface area contributed by atoms with E-state index in [4.69, 9.17) is 11.6 Å². The third kappa shape index (κ3) is 4.65. The molecule has 0 bridgehead atoms. The molecular formula is C24H28ClN3O. The van der Waals surface area contributed by atoms with Crippen molar-refractivity contribution >= 4 is 28.2 Å². The normalized spacial score (nSPS) is 19.6. The van der Waals surface area contributed by atoms with Crippen molar-refractivity contribution in [3.8, 4) is 16.9 Å². The molecule has 2 aromatic carbocycles. The topological polar surface area (TPSA) is 48.4 Å². The van der Waals surface area contributed by atoms with Gasteiger partial charge in [0.25, 0.3) is 0 Å². The summed E-state index contributed by atoms with van der Waals surface area (Å²) in [7, 11) is 4.32. The number of anilines is 1. The summed E-state index contributed by atoms with van der Waals surface area (Å²) >= 11 is 6.11. The highest BCUT2D eigenvalue weighted by atomic mass is 35.5. The lowest BCUT2D eigenvalue weighted by molar-refractivity contribution is 0.255. The van der Waals surface area contributed by atoms with Crippen molar-refractivity contribution in [2.24, 2.45) is 5.92 Å². The van der Waals surface area contributed by atoms with Crippen molar-refractivity contribution in [2.45, 2.75) is 31.7 Å². The summed E-state index contributed by atoms with van der Waals surface area (Å²) in [5, 5.41) is 15.0. The molecule has 3 aromatic rings. The first-order valence-electron chi connectivity index (χ1n) is 10.3. The SMILES string of the molecule is CN(C)CC1CCC(Nc2ccnc3ccc(-c4ccc(O)c(Cl)c4)cc23)CC1. The minimum absolute atomic E-state index is 0.102. The highest BCUT2D eigenvalue weighted by Crippen LogP contribution is 2.34. The lowest BCUT2D eigenvalue weighted by atomic mass is 9.85. The molecule has 0 aliphatic heterocycles. The molecule has 2 N–H and O–H groups in total. The van der Waals surface area contributed by atoms with Gasteiger partial charge in [-0.15, -0.1) is 0 Å². The number of aromatic nitrogens is 1. The van der Waals surface area contributed by atoms with Gasteiger partial charge in [-0.3, -0.25) is 4.98 Å². The smallest absolute Gasteiger partial charge is 0.134 e. The summed E-state index contributed by atoms with van der Waals surface area (Å²) in [6.07, 6.45) is 6.83. The number of nitrogens with one attached hydrogen (secondary N) is 1. The number of phenolic OH excluding ortho intramolecular Hbond substituents is 1. The second-order valence-electron chi connectivity index (χ2n) is 8.38. The number of benzene rings is 2. The fraction of sp³-hybridized carbons (Fsp3) is 0.375. The van der Waals surface area contributed by atoms with Crippen molar-refractivity contribution in [1.29, 1.82) is 0 Å². The zero-order chi connectivity index (χ0) is 20.4. The molecule has 0 radical (unpaired) electrons. The van der Waals surface area contributed by atoms with Crippen LogP contribution in [0.3, 0.4) is 0 Å². The third-order valence-electron chi connectivity index (χ3n) is 5.85. The van der Waals surface area contributed by atoms with Gasteiger partial charge in [0.1, 0.15) is 5.75 Å². The van der Waals surface area contributed by atoms with Crippen molar-refractivity contribution in [3.05, 3.63) is 53.7 Å². The summed E-state index contributed by atoms with van der Waals surface area (Å²) in [5.41, 5.74) is 4.15. The minimum Gasteiger partial charge on any atom is -0.506 e. The van der Waals surface area contributed by atoms with E-state index in [2.05, 4.69) is 41.4 Å². The predicted octanol–water partition coefficient (Wildman–Crippen LogP) is 5.79. The standard InChI is InChI=1S/C24H28ClN3O/c1-28(2)15-16-3-7-19(8-4-16)27-23-11-12-26-22-9-5-17(13-20(22)23)18-6-10-24(29)21(25)14-18/h5-6,9-14,16,19,29H,3-4,7-8,15H2,1-2H3,(H,26,27). The van der Waals surface area contributed by atoms with Gasteiger partial charge in [0.05, 0.1) is 10.5 Å². The molecule has 0 atom stereocenters. The molecule has 29 heavy (non-hydrogen) atoms. The molecule has 4 nitrogen and oxygen atoms in total. The zero-order valence-corrected chi connectivity index (χ0v) is 17.8. The molecule has 1 saturated carbocycles. The number of halogens is 1. The molecule has 0 unspecified atom stereocenters. The first kappa shape index (κ1) is 20.0. The lowest BCUT2D eigenvalue weighted by Gasteiger charge is -2.31. The molecular weight excluding hydrogens is 382 g/mol. The highest BCUT2D eigenvalue weighted by molar-refractivity contribution is 6.32. The quantitative estimate of drug-likeness (QED) is 0.559. The highest BCUT2D eigenvalue weighted by Gasteiger charge is 2.22. The Morgan fingerprint density at radius 1 is 1.03 bits per heavy atom. The molecule has 1 heterocycles. The van der Waals surface area contributed by atoms with Gasteiger partial charge in [0.2, 0.25) is 0 Å². The first-order chi connectivity index (χ1) is 14.0. The van der Waals surface area contributed by atoms with Crippen LogP contribution < -0.4 is 5.32 Å². The van der Waals surface area contributed by atoms with E-state index in [0.717, 1.165) is 33.6 Å². The van der Waals surface area contributed by atoms with Gasteiger partial charge >= 0.3 is 0 Å². The number of nitrogens with zero attached hydrogens (tertiary/aromatic N) is 2. The molecule has 1 aliphatic rings. The fourth-order valence-corrected chi connectivity index (χ4v) is 4.54. The van der Waals surface area contributed by atoms with Crippen LogP contribution in [0.1, 0.15) is 25.7 Å². The number of aromatic hydroxyl groups is 1. The summed E-state index contributed by atoms with van der Waals surface area (Å²) in [5.74, 6) is 0.910. The Hall–Kier alpha value is -2.30. The van der Waals surface area contributed by atoms with E-state index in [1.54, 1.807) is 12.1 Å². The van der Waals surface area contributed by atoms with Gasteiger partial charge in [-0.2, -0.15) is 0 Å². The van der Waals surface area contributed by atoms with Crippen LogP contribution in [0, 0.1) is 5.92 Å². The van der Waals surface area contributed by atoms with Crippen molar-refractivity contribution in [1.82, 2.24) is 9.88 Å². The molecule has 152 valence electrons. The molecule has 1 aliphatic carbocycles. The average molecular weight is 410 g/mol. The van der Waals surface area contributed by atoms with Crippen LogP contribution in [0.4, 0.5) is 5.69 Å². The minimum atomic E-state index is 0.102. The Kier molecular flexibility index (Phi) is 5.93. The largest absolute Gasteiger partial charge is 0.506 e. The summed E-state index contributed by atoms with van der Waals surface area (Å²) < 4.78 is 0. The number of rotatable bonds is 5. The van der Waals surface area contributed by atoms with Gasteiger partial charge in [0.15, 0.2) is 0 Å². The van der Waals surface area contributed by atoms with Crippen LogP contribution in [-0.2, 0) is 0 Å². The van der Waals surface area contributed by atoms with Crippen LogP contribution in [0.25, 0.3) is 22.0 Å². The maximum atomic E-state index is 9.70. The van der Waals surface area contributed by atoms with E-state index < -0.39 is 0 Å². The van der Waals surface area contributed by atoms with Crippen LogP contribution >= 0.6 is 11.6 Å². The Bertz CT molecular complexity index is 997. The lowest BCUT2D eigenvalue weighted by Crippen LogP contribution is -2.30. The molecule has 0 saturated heterocycles. The Morgan fingerprint density at radius 2 is 1.76 bits per heavy atom. The van der Waals surface area contributed by atoms with E-state index >= 15 is 0 Å². The van der Waals surface area contributed by atoms with Crippen LogP contribution in [0.15, 0.2) is 48.7 Å². The van der Waals surface area contributed by atoms with Gasteiger partial charge in [-0.05, 0) is 87.2 Å². The third-order valence-corrected chi connectivity index (χ3v) is 6.16. The van der Waals surface area contributed by atoms with Gasteiger partial charge in [0, 0.05) is 29.9 Å². The van der Waals surface area contributed by atoms with Crippen LogP contribution in [0.5, 0.6) is 5.75 Å². The molecule has 1 aromatic heterocycles. The van der Waals surface area contributed by atoms with E-state index in [1.165, 1.54) is 32.2 Å². The van der Waals surface area contributed by atoms with E-state index in [-0.39, 0.29) is 5.75 Å². The van der Waals surface area contributed by atoms with Crippen LogP contribution in [-0.4, -0.2) is 41.7 Å². The van der Waals surface area contributed by atoms with E-state index in [9.17, 15) is 5.11 Å². The maximum absolute atomic E-state index is 9.70. The number of pyridine rings is 1. The number of hydrogen-bond donors (Lipinski definition) is 2. The number of phenols is 1. The molecule has 0 amide bonds. The number of fused-ring (bicyclic) bond motifs is 1. The maximum Gasteiger partial charge on any atom is 0.134 e. The van der Waals surface area contributed by atoms with E-state index in [1.807, 2.05) is 24.4 Å². The van der Waals surface area contributed by atoms with Gasteiger partial charge in [-0.25, -0.2) is 0 Å². The van der Waals surface area contributed by atoms with Crippen molar-refractivity contribution < 1.29 is 5.11 Å². The van der Waals surface area contributed by atoms with E-state index in [0.29, 0.717) is 11.1 Å². The first-order valence-corrected chi connectivity index (χ1v) is 10.7. The second-order valence-corrected chi connectivity index (χ2v) is 8.79. The molecule has 4 rings (SSSR count). The summed E-state index contributed by atoms with van der Waals surface area (Å²) in [6, 6.07) is 14.2. The molecule has 0 spiro atoms. The summed E-state index contributed by atoms with van der Waals surface area (Å²) in [6.45, 7) is 1.18. The summed E-state index contributed by atoms with van der Waals surface area (Å²) in [4.78, 5) is 6.83. The van der Waals surface area contributed by atoms with Gasteiger partial charge < -0.3 is 15.3 Å². The zero-order valence-electron chi connectivity index (χ0n) is 17.0. The fourth-order valence-electron chi connectivity index (χ4n) is 4.36. The van der Waals surface area contributed by atoms with Crippen molar-refractivity contribution in [3.63, 3.8) is 0 Å². The Labute approximate surface area is 177 Å². The Balaban J connectivity index is 1.56. The van der Waals surface area contributed by atoms with Crippen molar-refractivity contribution in [2.75, 3.05) is 26.0 Å². The molecule has 1 fully saturated rings.